The molecule has 0 radical (unpaired) electrons. The first-order chi connectivity index (χ1) is 11.2. The van der Waals surface area contributed by atoms with E-state index in [-0.39, 0.29) is 6.42 Å². The highest BCUT2D eigenvalue weighted by atomic mass is 16.5. The fourth-order valence-corrected chi connectivity index (χ4v) is 1.78. The fraction of sp³-hybridized carbons (Fsp3) is 0.118. The Morgan fingerprint density at radius 2 is 1.74 bits per heavy atom. The van der Waals surface area contributed by atoms with Crippen molar-refractivity contribution in [2.45, 2.75) is 6.42 Å². The number of rotatable bonds is 6. The second-order valence-corrected chi connectivity index (χ2v) is 4.66. The van der Waals surface area contributed by atoms with Crippen molar-refractivity contribution >= 4 is 23.7 Å². The van der Waals surface area contributed by atoms with Gasteiger partial charge in [-0.2, -0.15) is 5.10 Å². The van der Waals surface area contributed by atoms with Crippen molar-refractivity contribution in [1.82, 2.24) is 5.43 Å². The van der Waals surface area contributed by atoms with Crippen LogP contribution in [0.25, 0.3) is 0 Å². The van der Waals surface area contributed by atoms with E-state index in [2.05, 4.69) is 15.8 Å². The van der Waals surface area contributed by atoms with Gasteiger partial charge in [-0.25, -0.2) is 5.43 Å². The minimum Gasteiger partial charge on any atom is -0.497 e. The molecule has 6 heteroatoms. The van der Waals surface area contributed by atoms with E-state index in [1.165, 1.54) is 6.21 Å². The molecule has 0 spiro atoms. The molecular formula is C17H17N3O3. The summed E-state index contributed by atoms with van der Waals surface area (Å²) in [7, 11) is 1.56. The number of amides is 2. The van der Waals surface area contributed by atoms with Gasteiger partial charge in [-0.15, -0.1) is 0 Å². The number of nitrogens with zero attached hydrogens (tertiary/aromatic N) is 1. The van der Waals surface area contributed by atoms with Gasteiger partial charge in [-0.1, -0.05) is 30.3 Å². The number of ether oxygens (including phenoxy) is 1. The number of nitrogens with one attached hydrogen (secondary N) is 2. The van der Waals surface area contributed by atoms with Crippen molar-refractivity contribution in [3.63, 3.8) is 0 Å². The van der Waals surface area contributed by atoms with Gasteiger partial charge in [-0.05, 0) is 29.8 Å². The minimum absolute atomic E-state index is 0.307. The van der Waals surface area contributed by atoms with E-state index in [4.69, 9.17) is 4.74 Å². The van der Waals surface area contributed by atoms with Crippen molar-refractivity contribution in [2.24, 2.45) is 5.10 Å². The van der Waals surface area contributed by atoms with Crippen molar-refractivity contribution < 1.29 is 14.3 Å². The Kier molecular flexibility index (Phi) is 5.88. The van der Waals surface area contributed by atoms with Crippen LogP contribution in [0.5, 0.6) is 5.75 Å². The largest absolute Gasteiger partial charge is 0.497 e. The number of hydrogen-bond acceptors (Lipinski definition) is 4. The van der Waals surface area contributed by atoms with Gasteiger partial charge in [0.25, 0.3) is 0 Å². The Morgan fingerprint density at radius 3 is 2.39 bits per heavy atom. The fourth-order valence-electron chi connectivity index (χ4n) is 1.78. The van der Waals surface area contributed by atoms with E-state index in [1.807, 2.05) is 30.3 Å². The summed E-state index contributed by atoms with van der Waals surface area (Å²) in [5.41, 5.74) is 3.77. The number of carbonyl (C=O) groups excluding carboxylic acids is 2. The highest BCUT2D eigenvalue weighted by Gasteiger charge is 2.08. The molecule has 2 aromatic rings. The Bertz CT molecular complexity index is 682. The molecule has 0 aliphatic carbocycles. The lowest BCUT2D eigenvalue weighted by Crippen LogP contribution is -2.24. The smallest absolute Gasteiger partial charge is 0.249 e. The number of benzene rings is 2. The first-order valence-corrected chi connectivity index (χ1v) is 6.98. The van der Waals surface area contributed by atoms with Crippen LogP contribution in [0, 0.1) is 0 Å². The molecule has 0 bridgehead atoms. The molecule has 0 aliphatic rings. The monoisotopic (exact) mass is 311 g/mol. The van der Waals surface area contributed by atoms with Gasteiger partial charge in [0, 0.05) is 5.69 Å². The quantitative estimate of drug-likeness (QED) is 0.487. The van der Waals surface area contributed by atoms with Gasteiger partial charge in [0.05, 0.1) is 13.3 Å². The van der Waals surface area contributed by atoms with E-state index in [1.54, 1.807) is 31.4 Å². The molecule has 23 heavy (non-hydrogen) atoms. The first kappa shape index (κ1) is 16.2. The van der Waals surface area contributed by atoms with Crippen molar-refractivity contribution in [1.29, 1.82) is 0 Å². The van der Waals surface area contributed by atoms with Gasteiger partial charge in [0.1, 0.15) is 12.2 Å². The Labute approximate surface area is 134 Å². The predicted molar refractivity (Wildman–Crippen MR) is 88.4 cm³/mol. The van der Waals surface area contributed by atoms with Crippen molar-refractivity contribution in [3.8, 4) is 5.75 Å². The second-order valence-electron chi connectivity index (χ2n) is 4.66. The maximum Gasteiger partial charge on any atom is 0.249 e. The Hall–Kier alpha value is -3.15. The normalized spacial score (nSPS) is 10.3. The number of hydrazone groups is 1. The molecule has 0 saturated carbocycles. The maximum absolute atomic E-state index is 11.8. The first-order valence-electron chi connectivity index (χ1n) is 6.98. The highest BCUT2D eigenvalue weighted by Crippen LogP contribution is 2.14. The predicted octanol–water partition coefficient (Wildman–Crippen LogP) is 2.17. The number of carbonyl (C=O) groups is 2. The van der Waals surface area contributed by atoms with Gasteiger partial charge in [0.15, 0.2) is 0 Å². The van der Waals surface area contributed by atoms with Crippen molar-refractivity contribution in [3.05, 3.63) is 60.2 Å². The SMILES string of the molecule is COc1ccc(NC(=O)CC(=O)NN=Cc2ccccc2)cc1. The number of anilines is 1. The van der Waals surface area contributed by atoms with E-state index < -0.39 is 11.8 Å². The second kappa shape index (κ2) is 8.33. The molecule has 6 nitrogen and oxygen atoms in total. The van der Waals surface area contributed by atoms with Crippen LogP contribution in [-0.4, -0.2) is 25.1 Å². The van der Waals surface area contributed by atoms with Crippen LogP contribution in [0.4, 0.5) is 5.69 Å². The lowest BCUT2D eigenvalue weighted by molar-refractivity contribution is -0.126. The number of methoxy groups -OCH3 is 1. The van der Waals surface area contributed by atoms with Crippen LogP contribution in [-0.2, 0) is 9.59 Å². The van der Waals surface area contributed by atoms with Gasteiger partial charge >= 0.3 is 0 Å². The third-order valence-corrected chi connectivity index (χ3v) is 2.90. The van der Waals surface area contributed by atoms with E-state index >= 15 is 0 Å². The average molecular weight is 311 g/mol. The molecule has 118 valence electrons. The van der Waals surface area contributed by atoms with E-state index in [0.717, 1.165) is 5.56 Å². The Morgan fingerprint density at radius 1 is 1.04 bits per heavy atom. The zero-order valence-corrected chi connectivity index (χ0v) is 12.7. The molecular weight excluding hydrogens is 294 g/mol. The zero-order chi connectivity index (χ0) is 16.5. The summed E-state index contributed by atoms with van der Waals surface area (Å²) >= 11 is 0. The summed E-state index contributed by atoms with van der Waals surface area (Å²) in [5, 5.41) is 6.43. The summed E-state index contributed by atoms with van der Waals surface area (Å²) in [6.45, 7) is 0. The summed E-state index contributed by atoms with van der Waals surface area (Å²) in [6, 6.07) is 16.2. The van der Waals surface area contributed by atoms with E-state index in [0.29, 0.717) is 11.4 Å². The van der Waals surface area contributed by atoms with Crippen LogP contribution >= 0.6 is 0 Å². The van der Waals surface area contributed by atoms with Gasteiger partial charge in [0.2, 0.25) is 11.8 Å². The number of hydrogen-bond donors (Lipinski definition) is 2. The molecule has 0 fully saturated rings. The molecule has 0 heterocycles. The van der Waals surface area contributed by atoms with Crippen LogP contribution in [0.2, 0.25) is 0 Å². The summed E-state index contributed by atoms with van der Waals surface area (Å²) in [4.78, 5) is 23.4. The Balaban J connectivity index is 1.78. The van der Waals surface area contributed by atoms with Crippen LogP contribution in [0.1, 0.15) is 12.0 Å². The highest BCUT2D eigenvalue weighted by molar-refractivity contribution is 6.03. The molecule has 2 aromatic carbocycles. The molecule has 2 N–H and O–H groups in total. The average Bonchev–Trinajstić information content (AvgIpc) is 2.56. The van der Waals surface area contributed by atoms with Gasteiger partial charge < -0.3 is 10.1 Å². The lowest BCUT2D eigenvalue weighted by atomic mass is 10.2. The molecule has 2 rings (SSSR count). The van der Waals surface area contributed by atoms with Crippen LogP contribution in [0.3, 0.4) is 0 Å². The van der Waals surface area contributed by atoms with Crippen molar-refractivity contribution in [2.75, 3.05) is 12.4 Å². The molecule has 0 aliphatic heterocycles. The van der Waals surface area contributed by atoms with E-state index in [9.17, 15) is 9.59 Å². The minimum atomic E-state index is -0.483. The topological polar surface area (TPSA) is 79.8 Å². The maximum atomic E-state index is 11.8. The third kappa shape index (κ3) is 5.62. The van der Waals surface area contributed by atoms with Crippen LogP contribution in [0.15, 0.2) is 59.7 Å². The molecule has 0 unspecified atom stereocenters. The molecule has 2 amide bonds. The summed E-state index contributed by atoms with van der Waals surface area (Å²) in [6.07, 6.45) is 1.21. The van der Waals surface area contributed by atoms with Crippen LogP contribution < -0.4 is 15.5 Å². The van der Waals surface area contributed by atoms with Gasteiger partial charge in [-0.3, -0.25) is 9.59 Å². The zero-order valence-electron chi connectivity index (χ0n) is 12.7. The standard InChI is InChI=1S/C17H17N3O3/c1-23-15-9-7-14(8-10-15)19-16(21)11-17(22)20-18-12-13-5-3-2-4-6-13/h2-10,12H,11H2,1H3,(H,19,21)(H,20,22). The molecule has 0 saturated heterocycles. The lowest BCUT2D eigenvalue weighted by Gasteiger charge is -2.05. The third-order valence-electron chi connectivity index (χ3n) is 2.90. The molecule has 0 atom stereocenters. The molecule has 0 aromatic heterocycles. The summed E-state index contributed by atoms with van der Waals surface area (Å²) < 4.78 is 5.03. The summed E-state index contributed by atoms with van der Waals surface area (Å²) in [5.74, 6) is -0.207.